The molecule has 0 saturated carbocycles. The van der Waals surface area contributed by atoms with Crippen molar-refractivity contribution in [2.24, 2.45) is 5.92 Å². The maximum Gasteiger partial charge on any atom is 0.305 e. The zero-order chi connectivity index (χ0) is 28.4. The van der Waals surface area contributed by atoms with Gasteiger partial charge in [0.1, 0.15) is 12.3 Å². The number of aryl methyl sites for hydroxylation is 3. The molecule has 6 heteroatoms. The van der Waals surface area contributed by atoms with E-state index in [2.05, 4.69) is 52.1 Å². The van der Waals surface area contributed by atoms with Gasteiger partial charge in [-0.2, -0.15) is 0 Å². The number of carboxylic acids is 1. The SMILES string of the molecule is CC(/C=C\N(C)C(CCC(C)C)C(=O)NC(CC(=O)O)c1cccc(-c2c(C)cc(C)cc2C)c1)=C/C=O. The van der Waals surface area contributed by atoms with Crippen molar-refractivity contribution in [3.63, 3.8) is 0 Å². The van der Waals surface area contributed by atoms with Gasteiger partial charge in [-0.05, 0) is 104 Å². The molecule has 0 heterocycles. The Morgan fingerprint density at radius 3 is 2.29 bits per heavy atom. The van der Waals surface area contributed by atoms with E-state index >= 15 is 0 Å². The standard InChI is InChI=1S/C32H42N2O4/c1-21(2)11-12-29(34(7)15-13-22(3)14-16-35)32(38)33-28(20-30(36)37)26-9-8-10-27(19-26)31-24(5)17-23(4)18-25(31)6/h8-10,13-19,21,28-29H,11-12,20H2,1-7H3,(H,33,38)(H,36,37)/b15-13-,22-14-. The summed E-state index contributed by atoms with van der Waals surface area (Å²) >= 11 is 0. The Balaban J connectivity index is 2.40. The Labute approximate surface area is 227 Å². The number of carbonyl (C=O) groups excluding carboxylic acids is 2. The second-order valence-corrected chi connectivity index (χ2v) is 10.6. The number of amides is 1. The van der Waals surface area contributed by atoms with Crippen LogP contribution in [0.3, 0.4) is 0 Å². The second-order valence-electron chi connectivity index (χ2n) is 10.6. The minimum absolute atomic E-state index is 0.224. The van der Waals surface area contributed by atoms with E-state index in [1.165, 1.54) is 11.6 Å². The summed E-state index contributed by atoms with van der Waals surface area (Å²) in [5.41, 5.74) is 7.14. The molecule has 0 aliphatic heterocycles. The van der Waals surface area contributed by atoms with Crippen molar-refractivity contribution < 1.29 is 19.5 Å². The summed E-state index contributed by atoms with van der Waals surface area (Å²) in [5.74, 6) is -0.800. The van der Waals surface area contributed by atoms with E-state index < -0.39 is 18.1 Å². The molecule has 0 aliphatic rings. The molecule has 2 aromatic carbocycles. The van der Waals surface area contributed by atoms with E-state index in [-0.39, 0.29) is 12.3 Å². The number of rotatable bonds is 13. The number of likely N-dealkylation sites (N-methyl/N-ethyl adjacent to an activating group) is 1. The van der Waals surface area contributed by atoms with Crippen LogP contribution in [0, 0.1) is 26.7 Å². The second kappa shape index (κ2) is 14.3. The van der Waals surface area contributed by atoms with Gasteiger partial charge in [0.2, 0.25) is 5.91 Å². The normalized spacial score (nSPS) is 13.4. The van der Waals surface area contributed by atoms with Crippen LogP contribution in [0.15, 0.2) is 60.3 Å². The lowest BCUT2D eigenvalue weighted by Crippen LogP contribution is -2.45. The van der Waals surface area contributed by atoms with E-state index in [9.17, 15) is 19.5 Å². The summed E-state index contributed by atoms with van der Waals surface area (Å²) in [5, 5.41) is 12.7. The fourth-order valence-electron chi connectivity index (χ4n) is 4.75. The number of carboxylic acid groups (broad SMARTS) is 1. The lowest BCUT2D eigenvalue weighted by Gasteiger charge is -2.29. The van der Waals surface area contributed by atoms with Crippen molar-refractivity contribution in [3.8, 4) is 11.1 Å². The summed E-state index contributed by atoms with van der Waals surface area (Å²) in [4.78, 5) is 38.0. The van der Waals surface area contributed by atoms with Crippen LogP contribution >= 0.6 is 0 Å². The molecule has 2 atom stereocenters. The number of nitrogens with zero attached hydrogens (tertiary/aromatic N) is 1. The minimum Gasteiger partial charge on any atom is -0.481 e. The van der Waals surface area contributed by atoms with Crippen LogP contribution in [0.4, 0.5) is 0 Å². The molecule has 2 rings (SSSR count). The van der Waals surface area contributed by atoms with E-state index in [0.29, 0.717) is 12.3 Å². The summed E-state index contributed by atoms with van der Waals surface area (Å²) < 4.78 is 0. The van der Waals surface area contributed by atoms with Crippen molar-refractivity contribution in [1.82, 2.24) is 10.2 Å². The van der Waals surface area contributed by atoms with Crippen LogP contribution in [0.25, 0.3) is 11.1 Å². The number of hydrogen-bond donors (Lipinski definition) is 2. The number of benzene rings is 2. The van der Waals surface area contributed by atoms with Gasteiger partial charge in [-0.15, -0.1) is 0 Å². The molecule has 0 saturated heterocycles. The predicted octanol–water partition coefficient (Wildman–Crippen LogP) is 6.31. The zero-order valence-corrected chi connectivity index (χ0v) is 23.7. The van der Waals surface area contributed by atoms with E-state index in [1.807, 2.05) is 43.1 Å². The molecule has 0 radical (unpaired) electrons. The summed E-state index contributed by atoms with van der Waals surface area (Å²) in [6.07, 6.45) is 6.99. The Kier molecular flexibility index (Phi) is 11.5. The van der Waals surface area contributed by atoms with E-state index in [1.54, 1.807) is 12.3 Å². The largest absolute Gasteiger partial charge is 0.481 e. The van der Waals surface area contributed by atoms with Crippen molar-refractivity contribution >= 4 is 18.2 Å². The van der Waals surface area contributed by atoms with E-state index in [0.717, 1.165) is 46.1 Å². The molecule has 6 nitrogen and oxygen atoms in total. The maximum absolute atomic E-state index is 13.6. The van der Waals surface area contributed by atoms with Crippen LogP contribution in [-0.2, 0) is 14.4 Å². The van der Waals surface area contributed by atoms with Crippen molar-refractivity contribution in [3.05, 3.63) is 82.6 Å². The average molecular weight is 519 g/mol. The van der Waals surface area contributed by atoms with Gasteiger partial charge in [0.05, 0.1) is 12.5 Å². The van der Waals surface area contributed by atoms with Crippen molar-refractivity contribution in [2.45, 2.75) is 72.9 Å². The van der Waals surface area contributed by atoms with Crippen LogP contribution in [0.5, 0.6) is 0 Å². The van der Waals surface area contributed by atoms with Crippen LogP contribution < -0.4 is 5.32 Å². The highest BCUT2D eigenvalue weighted by molar-refractivity contribution is 5.83. The fraction of sp³-hybridized carbons (Fsp3) is 0.406. The quantitative estimate of drug-likeness (QED) is 0.184. The van der Waals surface area contributed by atoms with Gasteiger partial charge in [-0.25, -0.2) is 0 Å². The Morgan fingerprint density at radius 1 is 1.05 bits per heavy atom. The van der Waals surface area contributed by atoms with Gasteiger partial charge in [-0.3, -0.25) is 14.4 Å². The monoisotopic (exact) mass is 518 g/mol. The minimum atomic E-state index is -0.981. The van der Waals surface area contributed by atoms with Gasteiger partial charge >= 0.3 is 5.97 Å². The predicted molar refractivity (Wildman–Crippen MR) is 154 cm³/mol. The number of allylic oxidation sites excluding steroid dienone is 3. The topological polar surface area (TPSA) is 86.7 Å². The smallest absolute Gasteiger partial charge is 0.305 e. The van der Waals surface area contributed by atoms with Crippen LogP contribution in [0.1, 0.15) is 68.3 Å². The third-order valence-corrected chi connectivity index (χ3v) is 6.67. The maximum atomic E-state index is 13.6. The average Bonchev–Trinajstić information content (AvgIpc) is 2.81. The fourth-order valence-corrected chi connectivity index (χ4v) is 4.75. The Hall–Kier alpha value is -3.67. The summed E-state index contributed by atoms with van der Waals surface area (Å²) in [6.45, 7) is 12.3. The Bertz CT molecular complexity index is 1170. The molecule has 204 valence electrons. The molecule has 0 bridgehead atoms. The molecule has 0 fully saturated rings. The number of nitrogens with one attached hydrogen (secondary N) is 1. The first-order valence-electron chi connectivity index (χ1n) is 13.2. The van der Waals surface area contributed by atoms with Crippen molar-refractivity contribution in [1.29, 1.82) is 0 Å². The first-order valence-corrected chi connectivity index (χ1v) is 13.2. The molecular weight excluding hydrogens is 476 g/mol. The zero-order valence-electron chi connectivity index (χ0n) is 23.7. The van der Waals surface area contributed by atoms with Crippen LogP contribution in [0.2, 0.25) is 0 Å². The number of carbonyl (C=O) groups is 3. The summed E-state index contributed by atoms with van der Waals surface area (Å²) in [6, 6.07) is 10.9. The first-order chi connectivity index (χ1) is 17.9. The summed E-state index contributed by atoms with van der Waals surface area (Å²) in [7, 11) is 1.82. The molecule has 2 N–H and O–H groups in total. The van der Waals surface area contributed by atoms with Crippen LogP contribution in [-0.4, -0.2) is 41.3 Å². The molecule has 2 unspecified atom stereocenters. The molecule has 0 spiro atoms. The number of hydrogen-bond acceptors (Lipinski definition) is 4. The third-order valence-electron chi connectivity index (χ3n) is 6.67. The molecule has 0 aromatic heterocycles. The Morgan fingerprint density at radius 2 is 1.71 bits per heavy atom. The molecule has 38 heavy (non-hydrogen) atoms. The third kappa shape index (κ3) is 9.02. The van der Waals surface area contributed by atoms with Gasteiger partial charge in [0.15, 0.2) is 0 Å². The lowest BCUT2D eigenvalue weighted by molar-refractivity contribution is -0.138. The van der Waals surface area contributed by atoms with E-state index in [4.69, 9.17) is 0 Å². The highest BCUT2D eigenvalue weighted by atomic mass is 16.4. The highest BCUT2D eigenvalue weighted by Crippen LogP contribution is 2.31. The molecule has 0 aliphatic carbocycles. The molecule has 1 amide bonds. The van der Waals surface area contributed by atoms with Gasteiger partial charge in [-0.1, -0.05) is 49.7 Å². The number of aliphatic carboxylic acids is 1. The highest BCUT2D eigenvalue weighted by Gasteiger charge is 2.26. The van der Waals surface area contributed by atoms with Gasteiger partial charge in [0, 0.05) is 7.05 Å². The first kappa shape index (κ1) is 30.6. The van der Waals surface area contributed by atoms with Crippen molar-refractivity contribution in [2.75, 3.05) is 7.05 Å². The molecular formula is C32H42N2O4. The molecule has 2 aromatic rings. The van der Waals surface area contributed by atoms with Gasteiger partial charge in [0.25, 0.3) is 0 Å². The number of aldehydes is 1. The van der Waals surface area contributed by atoms with Gasteiger partial charge < -0.3 is 15.3 Å². The lowest BCUT2D eigenvalue weighted by atomic mass is 9.91.